The SMILES string of the molecule is CSc1ccc([C@@H]2c3c(oc4cc(C)c(C)cc4c3=O)C(=O)N2c2ccc(F)cc2)cc1. The number of anilines is 1. The monoisotopic (exact) mass is 445 g/mol. The number of hydrogen-bond acceptors (Lipinski definition) is 4. The third kappa shape index (κ3) is 3.14. The van der Waals surface area contributed by atoms with E-state index in [4.69, 9.17) is 4.42 Å². The maximum Gasteiger partial charge on any atom is 0.295 e. The van der Waals surface area contributed by atoms with Gasteiger partial charge in [-0.25, -0.2) is 4.39 Å². The van der Waals surface area contributed by atoms with Crippen LogP contribution in [0, 0.1) is 19.7 Å². The average Bonchev–Trinajstić information content (AvgIpc) is 3.08. The molecule has 0 fully saturated rings. The highest BCUT2D eigenvalue weighted by Gasteiger charge is 2.43. The van der Waals surface area contributed by atoms with Crippen molar-refractivity contribution in [1.82, 2.24) is 0 Å². The molecule has 4 aromatic rings. The fourth-order valence-electron chi connectivity index (χ4n) is 4.20. The van der Waals surface area contributed by atoms with E-state index in [2.05, 4.69) is 0 Å². The van der Waals surface area contributed by atoms with Gasteiger partial charge in [-0.05, 0) is 85.3 Å². The summed E-state index contributed by atoms with van der Waals surface area (Å²) in [6.07, 6.45) is 1.99. The minimum Gasteiger partial charge on any atom is -0.450 e. The summed E-state index contributed by atoms with van der Waals surface area (Å²) in [7, 11) is 0. The molecular formula is C26H20FNO3S. The molecule has 0 unspecified atom stereocenters. The first-order chi connectivity index (χ1) is 15.4. The molecule has 0 saturated heterocycles. The van der Waals surface area contributed by atoms with Gasteiger partial charge in [-0.2, -0.15) is 0 Å². The largest absolute Gasteiger partial charge is 0.450 e. The Morgan fingerprint density at radius 3 is 2.25 bits per heavy atom. The van der Waals surface area contributed by atoms with E-state index in [-0.39, 0.29) is 11.2 Å². The molecule has 0 saturated carbocycles. The van der Waals surface area contributed by atoms with Crippen LogP contribution in [0.3, 0.4) is 0 Å². The molecule has 0 bridgehead atoms. The second-order valence-corrected chi connectivity index (χ2v) is 8.81. The van der Waals surface area contributed by atoms with Crippen LogP contribution in [0.25, 0.3) is 11.0 Å². The van der Waals surface area contributed by atoms with Gasteiger partial charge in [0.25, 0.3) is 5.91 Å². The zero-order valence-corrected chi connectivity index (χ0v) is 18.6. The van der Waals surface area contributed by atoms with Crippen molar-refractivity contribution in [2.45, 2.75) is 24.8 Å². The number of carbonyl (C=O) groups excluding carboxylic acids is 1. The fourth-order valence-corrected chi connectivity index (χ4v) is 4.61. The second-order valence-electron chi connectivity index (χ2n) is 7.93. The number of hydrogen-bond donors (Lipinski definition) is 0. The zero-order valence-electron chi connectivity index (χ0n) is 17.8. The van der Waals surface area contributed by atoms with Crippen molar-refractivity contribution < 1.29 is 13.6 Å². The summed E-state index contributed by atoms with van der Waals surface area (Å²) in [6.45, 7) is 3.88. The third-order valence-corrected chi connectivity index (χ3v) is 6.77. The number of nitrogens with zero attached hydrogens (tertiary/aromatic N) is 1. The van der Waals surface area contributed by atoms with Gasteiger partial charge < -0.3 is 4.42 Å². The zero-order chi connectivity index (χ0) is 22.6. The van der Waals surface area contributed by atoms with Crippen LogP contribution in [0.15, 0.2) is 74.8 Å². The number of rotatable bonds is 3. The Morgan fingerprint density at radius 2 is 1.59 bits per heavy atom. The van der Waals surface area contributed by atoms with Crippen LogP contribution in [-0.4, -0.2) is 12.2 Å². The van der Waals surface area contributed by atoms with Gasteiger partial charge in [0.1, 0.15) is 11.4 Å². The van der Waals surface area contributed by atoms with Crippen LogP contribution in [-0.2, 0) is 0 Å². The van der Waals surface area contributed by atoms with Gasteiger partial charge in [-0.3, -0.25) is 14.5 Å². The molecule has 6 heteroatoms. The summed E-state index contributed by atoms with van der Waals surface area (Å²) in [6, 6.07) is 16.4. The quantitative estimate of drug-likeness (QED) is 0.362. The van der Waals surface area contributed by atoms with Crippen LogP contribution >= 0.6 is 11.8 Å². The highest BCUT2D eigenvalue weighted by atomic mass is 32.2. The molecule has 4 nitrogen and oxygen atoms in total. The molecule has 5 rings (SSSR count). The molecule has 3 aromatic carbocycles. The Hall–Kier alpha value is -3.38. The minimum absolute atomic E-state index is 0.0361. The maximum absolute atomic E-state index is 13.7. The lowest BCUT2D eigenvalue weighted by Crippen LogP contribution is -2.29. The summed E-state index contributed by atoms with van der Waals surface area (Å²) in [4.78, 5) is 29.8. The van der Waals surface area contributed by atoms with Crippen molar-refractivity contribution in [3.8, 4) is 0 Å². The van der Waals surface area contributed by atoms with E-state index in [1.54, 1.807) is 30.0 Å². The average molecular weight is 446 g/mol. The van der Waals surface area contributed by atoms with Gasteiger partial charge in [0.05, 0.1) is 17.0 Å². The molecule has 1 amide bonds. The number of carbonyl (C=O) groups is 1. The predicted octanol–water partition coefficient (Wildman–Crippen LogP) is 6.02. The first-order valence-corrected chi connectivity index (χ1v) is 11.4. The standard InChI is InChI=1S/C26H20FNO3S/c1-14-12-20-21(13-15(14)2)31-25-22(24(20)29)23(16-4-10-19(32-3)11-5-16)28(26(25)30)18-8-6-17(27)7-9-18/h4-13,23H,1-3H3/t23-/m1/s1. The van der Waals surface area contributed by atoms with Crippen LogP contribution in [0.2, 0.25) is 0 Å². The fraction of sp³-hybridized carbons (Fsp3) is 0.154. The summed E-state index contributed by atoms with van der Waals surface area (Å²) >= 11 is 1.61. The summed E-state index contributed by atoms with van der Waals surface area (Å²) in [5.74, 6) is -0.776. The van der Waals surface area contributed by atoms with Crippen molar-refractivity contribution >= 4 is 34.3 Å². The molecule has 0 spiro atoms. The molecule has 1 aliphatic heterocycles. The van der Waals surface area contributed by atoms with E-state index < -0.39 is 17.8 Å². The second kappa shape index (κ2) is 7.64. The van der Waals surface area contributed by atoms with Gasteiger partial charge in [-0.15, -0.1) is 11.8 Å². The molecular weight excluding hydrogens is 425 g/mol. The first-order valence-electron chi connectivity index (χ1n) is 10.2. The Labute approximate surface area is 188 Å². The lowest BCUT2D eigenvalue weighted by Gasteiger charge is -2.25. The van der Waals surface area contributed by atoms with E-state index in [0.717, 1.165) is 21.6 Å². The number of thioether (sulfide) groups is 1. The van der Waals surface area contributed by atoms with E-state index >= 15 is 0 Å². The van der Waals surface area contributed by atoms with E-state index in [9.17, 15) is 14.0 Å². The van der Waals surface area contributed by atoms with Gasteiger partial charge in [0.2, 0.25) is 5.76 Å². The highest BCUT2D eigenvalue weighted by molar-refractivity contribution is 7.98. The van der Waals surface area contributed by atoms with E-state index in [1.807, 2.05) is 50.4 Å². The van der Waals surface area contributed by atoms with Crippen molar-refractivity contribution in [2.75, 3.05) is 11.2 Å². The Kier molecular flexibility index (Phi) is 4.90. The normalized spacial score (nSPS) is 15.4. The van der Waals surface area contributed by atoms with Gasteiger partial charge in [0.15, 0.2) is 5.43 Å². The molecule has 32 heavy (non-hydrogen) atoms. The third-order valence-electron chi connectivity index (χ3n) is 6.02. The Morgan fingerprint density at radius 1 is 0.938 bits per heavy atom. The van der Waals surface area contributed by atoms with Crippen molar-refractivity contribution in [3.05, 3.63) is 105 Å². The lowest BCUT2D eigenvalue weighted by atomic mass is 9.97. The number of aryl methyl sites for hydroxylation is 2. The van der Waals surface area contributed by atoms with Crippen LogP contribution < -0.4 is 10.3 Å². The Bertz CT molecular complexity index is 1430. The number of fused-ring (bicyclic) bond motifs is 2. The van der Waals surface area contributed by atoms with Crippen molar-refractivity contribution in [1.29, 1.82) is 0 Å². The number of benzene rings is 3. The summed E-state index contributed by atoms with van der Waals surface area (Å²) < 4.78 is 19.6. The summed E-state index contributed by atoms with van der Waals surface area (Å²) in [5, 5.41) is 0.450. The van der Waals surface area contributed by atoms with Crippen molar-refractivity contribution in [3.63, 3.8) is 0 Å². The molecule has 1 atom stereocenters. The smallest absolute Gasteiger partial charge is 0.295 e. The highest BCUT2D eigenvalue weighted by Crippen LogP contribution is 2.41. The molecule has 2 heterocycles. The predicted molar refractivity (Wildman–Crippen MR) is 125 cm³/mol. The molecule has 1 aromatic heterocycles. The van der Waals surface area contributed by atoms with Gasteiger partial charge in [-0.1, -0.05) is 12.1 Å². The summed E-state index contributed by atoms with van der Waals surface area (Å²) in [5.41, 5.74) is 3.72. The van der Waals surface area contributed by atoms with Gasteiger partial charge >= 0.3 is 0 Å². The maximum atomic E-state index is 13.7. The van der Waals surface area contributed by atoms with Crippen LogP contribution in [0.5, 0.6) is 0 Å². The topological polar surface area (TPSA) is 50.5 Å². The van der Waals surface area contributed by atoms with Crippen molar-refractivity contribution in [2.24, 2.45) is 0 Å². The number of halogens is 1. The van der Waals surface area contributed by atoms with Crippen LogP contribution in [0.1, 0.15) is 38.9 Å². The van der Waals surface area contributed by atoms with Crippen LogP contribution in [0.4, 0.5) is 10.1 Å². The lowest BCUT2D eigenvalue weighted by molar-refractivity contribution is 0.0971. The molecule has 0 N–H and O–H groups in total. The van der Waals surface area contributed by atoms with E-state index in [0.29, 0.717) is 22.2 Å². The number of amides is 1. The first kappa shape index (κ1) is 20.5. The molecule has 160 valence electrons. The van der Waals surface area contributed by atoms with E-state index in [1.165, 1.54) is 17.0 Å². The molecule has 0 radical (unpaired) electrons. The van der Waals surface area contributed by atoms with Gasteiger partial charge in [0, 0.05) is 10.6 Å². The Balaban J connectivity index is 1.80. The minimum atomic E-state index is -0.666. The molecule has 1 aliphatic rings. The molecule has 0 aliphatic carbocycles.